The number of likely N-dealkylation sites (tertiary alicyclic amines) is 1. The summed E-state index contributed by atoms with van der Waals surface area (Å²) in [7, 11) is 0. The fourth-order valence-corrected chi connectivity index (χ4v) is 1.93. The van der Waals surface area contributed by atoms with Crippen molar-refractivity contribution >= 4 is 0 Å². The summed E-state index contributed by atoms with van der Waals surface area (Å²) in [6, 6.07) is 2.21. The van der Waals surface area contributed by atoms with Crippen LogP contribution in [0.3, 0.4) is 0 Å². The lowest BCUT2D eigenvalue weighted by Crippen LogP contribution is -2.49. The van der Waals surface area contributed by atoms with Crippen molar-refractivity contribution < 1.29 is 0 Å². The van der Waals surface area contributed by atoms with E-state index in [4.69, 9.17) is 0 Å². The molecule has 0 unspecified atom stereocenters. The van der Waals surface area contributed by atoms with Crippen molar-refractivity contribution in [2.75, 3.05) is 13.1 Å². The van der Waals surface area contributed by atoms with Gasteiger partial charge < -0.3 is 4.98 Å². The highest BCUT2D eigenvalue weighted by Gasteiger charge is 2.30. The first-order valence-corrected chi connectivity index (χ1v) is 5.38. The van der Waals surface area contributed by atoms with E-state index in [0.717, 1.165) is 18.8 Å². The van der Waals surface area contributed by atoms with E-state index in [1.165, 1.54) is 0 Å². The van der Waals surface area contributed by atoms with Crippen molar-refractivity contribution in [1.29, 1.82) is 0 Å². The number of aromatic amines is 1. The summed E-state index contributed by atoms with van der Waals surface area (Å²) in [4.78, 5) is 20.7. The Morgan fingerprint density at radius 2 is 2.20 bits per heavy atom. The highest BCUT2D eigenvalue weighted by molar-refractivity contribution is 5.13. The second kappa shape index (κ2) is 3.77. The van der Waals surface area contributed by atoms with Gasteiger partial charge in [0.05, 0.1) is 5.69 Å². The lowest BCUT2D eigenvalue weighted by Gasteiger charge is -2.41. The molecule has 15 heavy (non-hydrogen) atoms. The SMILES string of the molecule is Cc1nc(C2CN(C(C)C)C2)cc(=O)[nH]1. The Morgan fingerprint density at radius 1 is 1.53 bits per heavy atom. The Hall–Kier alpha value is -1.16. The van der Waals surface area contributed by atoms with Gasteiger partial charge in [-0.3, -0.25) is 9.69 Å². The minimum atomic E-state index is -0.0412. The molecule has 0 bridgehead atoms. The summed E-state index contributed by atoms with van der Waals surface area (Å²) in [5, 5.41) is 0. The molecule has 1 aromatic rings. The van der Waals surface area contributed by atoms with Gasteiger partial charge in [-0.1, -0.05) is 0 Å². The normalized spacial score (nSPS) is 18.1. The van der Waals surface area contributed by atoms with Gasteiger partial charge in [-0.15, -0.1) is 0 Å². The van der Waals surface area contributed by atoms with E-state index in [0.29, 0.717) is 17.8 Å². The quantitative estimate of drug-likeness (QED) is 0.783. The van der Waals surface area contributed by atoms with Crippen LogP contribution < -0.4 is 5.56 Å². The zero-order valence-electron chi connectivity index (χ0n) is 9.45. The molecule has 0 amide bonds. The van der Waals surface area contributed by atoms with E-state index < -0.39 is 0 Å². The van der Waals surface area contributed by atoms with Crippen LogP contribution in [0.2, 0.25) is 0 Å². The average molecular weight is 207 g/mol. The van der Waals surface area contributed by atoms with Crippen LogP contribution >= 0.6 is 0 Å². The van der Waals surface area contributed by atoms with Gasteiger partial charge in [0.25, 0.3) is 5.56 Å². The van der Waals surface area contributed by atoms with E-state index in [-0.39, 0.29) is 5.56 Å². The topological polar surface area (TPSA) is 49.0 Å². The first kappa shape index (κ1) is 10.4. The predicted octanol–water partition coefficient (Wildman–Crippen LogP) is 0.886. The van der Waals surface area contributed by atoms with Crippen molar-refractivity contribution in [2.24, 2.45) is 0 Å². The molecule has 0 aliphatic carbocycles. The van der Waals surface area contributed by atoms with E-state index in [2.05, 4.69) is 28.7 Å². The van der Waals surface area contributed by atoms with Crippen LogP contribution in [0.5, 0.6) is 0 Å². The number of hydrogen-bond acceptors (Lipinski definition) is 3. The number of aromatic nitrogens is 2. The molecule has 1 saturated heterocycles. The van der Waals surface area contributed by atoms with Crippen molar-refractivity contribution in [3.63, 3.8) is 0 Å². The minimum Gasteiger partial charge on any atom is -0.311 e. The van der Waals surface area contributed by atoms with Crippen LogP contribution in [-0.4, -0.2) is 34.0 Å². The van der Waals surface area contributed by atoms with Gasteiger partial charge in [-0.2, -0.15) is 0 Å². The zero-order valence-corrected chi connectivity index (χ0v) is 9.45. The largest absolute Gasteiger partial charge is 0.311 e. The van der Waals surface area contributed by atoms with Gasteiger partial charge in [0.15, 0.2) is 0 Å². The van der Waals surface area contributed by atoms with E-state index >= 15 is 0 Å². The molecule has 2 rings (SSSR count). The van der Waals surface area contributed by atoms with Crippen molar-refractivity contribution in [3.8, 4) is 0 Å². The Kier molecular flexibility index (Phi) is 2.61. The summed E-state index contributed by atoms with van der Waals surface area (Å²) in [6.07, 6.45) is 0. The van der Waals surface area contributed by atoms with Crippen molar-refractivity contribution in [3.05, 3.63) is 27.9 Å². The molecule has 82 valence electrons. The molecule has 0 saturated carbocycles. The smallest absolute Gasteiger partial charge is 0.251 e. The molecule has 0 aromatic carbocycles. The maximum atomic E-state index is 11.3. The molecule has 1 aromatic heterocycles. The minimum absolute atomic E-state index is 0.0412. The van der Waals surface area contributed by atoms with E-state index in [1.54, 1.807) is 6.07 Å². The van der Waals surface area contributed by atoms with Crippen molar-refractivity contribution in [1.82, 2.24) is 14.9 Å². The van der Waals surface area contributed by atoms with Crippen LogP contribution in [0.1, 0.15) is 31.3 Å². The van der Waals surface area contributed by atoms with E-state index in [9.17, 15) is 4.79 Å². The molecule has 0 atom stereocenters. The highest BCUT2D eigenvalue weighted by atomic mass is 16.1. The third-order valence-electron chi connectivity index (χ3n) is 2.94. The Morgan fingerprint density at radius 3 is 2.73 bits per heavy atom. The number of rotatable bonds is 2. The summed E-state index contributed by atoms with van der Waals surface area (Å²) in [5.41, 5.74) is 0.897. The maximum Gasteiger partial charge on any atom is 0.251 e. The van der Waals surface area contributed by atoms with Gasteiger partial charge in [0, 0.05) is 31.1 Å². The van der Waals surface area contributed by atoms with Gasteiger partial charge in [0.2, 0.25) is 0 Å². The second-order valence-corrected chi connectivity index (χ2v) is 4.50. The van der Waals surface area contributed by atoms with Crippen molar-refractivity contribution in [2.45, 2.75) is 32.7 Å². The first-order valence-electron chi connectivity index (χ1n) is 5.38. The number of aryl methyl sites for hydroxylation is 1. The van der Waals surface area contributed by atoms with Crippen LogP contribution in [0.15, 0.2) is 10.9 Å². The Bertz CT molecular complexity index is 405. The molecule has 2 heterocycles. The zero-order chi connectivity index (χ0) is 11.0. The van der Waals surface area contributed by atoms with Crippen LogP contribution in [-0.2, 0) is 0 Å². The molecule has 1 fully saturated rings. The predicted molar refractivity (Wildman–Crippen MR) is 59.0 cm³/mol. The van der Waals surface area contributed by atoms with Gasteiger partial charge >= 0.3 is 0 Å². The average Bonchev–Trinajstić information content (AvgIpc) is 1.97. The first-order chi connectivity index (χ1) is 7.06. The summed E-state index contributed by atoms with van der Waals surface area (Å²) in [5.74, 6) is 1.15. The van der Waals surface area contributed by atoms with Crippen LogP contribution in [0.25, 0.3) is 0 Å². The number of nitrogens with zero attached hydrogens (tertiary/aromatic N) is 2. The number of H-pyrrole nitrogens is 1. The maximum absolute atomic E-state index is 11.3. The lowest BCUT2D eigenvalue weighted by molar-refractivity contribution is 0.108. The lowest BCUT2D eigenvalue weighted by atomic mass is 9.94. The molecule has 0 radical (unpaired) electrons. The fourth-order valence-electron chi connectivity index (χ4n) is 1.93. The molecular weight excluding hydrogens is 190 g/mol. The summed E-state index contributed by atoms with van der Waals surface area (Å²) >= 11 is 0. The van der Waals surface area contributed by atoms with Gasteiger partial charge in [0.1, 0.15) is 5.82 Å². The third-order valence-corrected chi connectivity index (χ3v) is 2.94. The molecule has 1 aliphatic heterocycles. The fraction of sp³-hybridized carbons (Fsp3) is 0.636. The molecule has 4 nitrogen and oxygen atoms in total. The summed E-state index contributed by atoms with van der Waals surface area (Å²) in [6.45, 7) is 8.24. The van der Waals surface area contributed by atoms with Crippen LogP contribution in [0.4, 0.5) is 0 Å². The van der Waals surface area contributed by atoms with Gasteiger partial charge in [-0.05, 0) is 20.8 Å². The summed E-state index contributed by atoms with van der Waals surface area (Å²) < 4.78 is 0. The van der Waals surface area contributed by atoms with Gasteiger partial charge in [-0.25, -0.2) is 4.98 Å². The molecule has 1 aliphatic rings. The number of nitrogens with one attached hydrogen (secondary N) is 1. The molecule has 4 heteroatoms. The monoisotopic (exact) mass is 207 g/mol. The number of hydrogen-bond donors (Lipinski definition) is 1. The van der Waals surface area contributed by atoms with E-state index in [1.807, 2.05) is 6.92 Å². The standard InChI is InChI=1S/C11H17N3O/c1-7(2)14-5-9(6-14)10-4-11(15)13-8(3)12-10/h4,7,9H,5-6H2,1-3H3,(H,12,13,15). The third kappa shape index (κ3) is 2.09. The molecule has 1 N–H and O–H groups in total. The van der Waals surface area contributed by atoms with Crippen LogP contribution in [0, 0.1) is 6.92 Å². The second-order valence-electron chi connectivity index (χ2n) is 4.50. The Labute approximate surface area is 89.3 Å². The Balaban J connectivity index is 2.10. The molecular formula is C11H17N3O. The highest BCUT2D eigenvalue weighted by Crippen LogP contribution is 2.26. The molecule has 0 spiro atoms.